The van der Waals surface area contributed by atoms with Crippen molar-refractivity contribution in [3.8, 4) is 5.82 Å². The molecule has 2 aromatic heterocycles. The fourth-order valence-electron chi connectivity index (χ4n) is 1.78. The normalized spacial score (nSPS) is 10.9. The molecular weight excluding hydrogens is 299 g/mol. The Bertz CT molecular complexity index is 580. The molecule has 0 saturated carbocycles. The molecule has 1 N–H and O–H groups in total. The van der Waals surface area contributed by atoms with Gasteiger partial charge in [-0.3, -0.25) is 0 Å². The Morgan fingerprint density at radius 2 is 2.17 bits per heavy atom. The van der Waals surface area contributed by atoms with Crippen molar-refractivity contribution < 1.29 is 4.39 Å². The minimum Gasteiger partial charge on any atom is -0.316 e. The van der Waals surface area contributed by atoms with Gasteiger partial charge in [-0.15, -0.1) is 0 Å². The molecule has 4 nitrogen and oxygen atoms in total. The molecule has 6 heteroatoms. The molecule has 0 radical (unpaired) electrons. The van der Waals surface area contributed by atoms with E-state index in [9.17, 15) is 4.39 Å². The highest BCUT2D eigenvalue weighted by molar-refractivity contribution is 9.10. The van der Waals surface area contributed by atoms with Gasteiger partial charge < -0.3 is 5.32 Å². The molecule has 0 saturated heterocycles. The number of rotatable bonds is 3. The third-order valence-corrected chi connectivity index (χ3v) is 3.87. The summed E-state index contributed by atoms with van der Waals surface area (Å²) in [7, 11) is 1.78. The Balaban J connectivity index is 2.57. The second-order valence-electron chi connectivity index (χ2n) is 4.03. The van der Waals surface area contributed by atoms with Crippen molar-refractivity contribution >= 4 is 15.9 Å². The predicted octanol–water partition coefficient (Wildman–Crippen LogP) is 2.51. The van der Waals surface area contributed by atoms with E-state index in [0.29, 0.717) is 12.1 Å². The van der Waals surface area contributed by atoms with E-state index in [1.807, 2.05) is 13.8 Å². The first-order valence-electron chi connectivity index (χ1n) is 5.56. The van der Waals surface area contributed by atoms with Gasteiger partial charge in [0.05, 0.1) is 15.9 Å². The SMILES string of the molecule is CNCc1ccnc(-n2nc(C)c(Br)c2C)c1F. The maximum absolute atomic E-state index is 14.3. The summed E-state index contributed by atoms with van der Waals surface area (Å²) in [6.07, 6.45) is 1.59. The van der Waals surface area contributed by atoms with Crippen molar-refractivity contribution in [2.45, 2.75) is 20.4 Å². The molecule has 2 rings (SSSR count). The van der Waals surface area contributed by atoms with Gasteiger partial charge in [-0.1, -0.05) is 0 Å². The van der Waals surface area contributed by atoms with Gasteiger partial charge in [-0.05, 0) is 42.9 Å². The van der Waals surface area contributed by atoms with Crippen LogP contribution in [0.3, 0.4) is 0 Å². The molecule has 0 bridgehead atoms. The van der Waals surface area contributed by atoms with E-state index < -0.39 is 0 Å². The zero-order chi connectivity index (χ0) is 13.3. The smallest absolute Gasteiger partial charge is 0.190 e. The van der Waals surface area contributed by atoms with Gasteiger partial charge in [0.1, 0.15) is 0 Å². The number of nitrogens with one attached hydrogen (secondary N) is 1. The summed E-state index contributed by atoms with van der Waals surface area (Å²) >= 11 is 3.43. The van der Waals surface area contributed by atoms with Crippen LogP contribution in [0, 0.1) is 19.7 Å². The van der Waals surface area contributed by atoms with E-state index in [0.717, 1.165) is 15.9 Å². The molecule has 18 heavy (non-hydrogen) atoms. The second kappa shape index (κ2) is 5.16. The second-order valence-corrected chi connectivity index (χ2v) is 4.83. The molecule has 0 unspecified atom stereocenters. The quantitative estimate of drug-likeness (QED) is 0.947. The average Bonchev–Trinajstić information content (AvgIpc) is 2.60. The molecule has 0 amide bonds. The zero-order valence-electron chi connectivity index (χ0n) is 10.5. The molecule has 0 fully saturated rings. The largest absolute Gasteiger partial charge is 0.316 e. The molecule has 0 atom stereocenters. The number of nitrogens with zero attached hydrogens (tertiary/aromatic N) is 3. The summed E-state index contributed by atoms with van der Waals surface area (Å²) in [6, 6.07) is 1.66. The van der Waals surface area contributed by atoms with Crippen LogP contribution in [0.5, 0.6) is 0 Å². The van der Waals surface area contributed by atoms with Crippen LogP contribution in [0.1, 0.15) is 17.0 Å². The van der Waals surface area contributed by atoms with Crippen LogP contribution in [0.15, 0.2) is 16.7 Å². The molecule has 0 aliphatic rings. The van der Waals surface area contributed by atoms with Crippen molar-refractivity contribution in [3.05, 3.63) is 39.5 Å². The van der Waals surface area contributed by atoms with Crippen molar-refractivity contribution in [1.29, 1.82) is 0 Å². The summed E-state index contributed by atoms with van der Waals surface area (Å²) in [5.41, 5.74) is 2.22. The summed E-state index contributed by atoms with van der Waals surface area (Å²) in [5.74, 6) is -0.112. The van der Waals surface area contributed by atoms with Crippen molar-refractivity contribution in [1.82, 2.24) is 20.1 Å². The summed E-state index contributed by atoms with van der Waals surface area (Å²) < 4.78 is 16.7. The van der Waals surface area contributed by atoms with Gasteiger partial charge in [-0.2, -0.15) is 5.10 Å². The standard InChI is InChI=1S/C12H14BrFN4/c1-7-10(13)8(2)18(17-7)12-11(14)9(6-15-3)4-5-16-12/h4-5,15H,6H2,1-3H3. The third kappa shape index (κ3) is 2.18. The molecule has 0 spiro atoms. The van der Waals surface area contributed by atoms with Crippen LogP contribution < -0.4 is 5.32 Å². The van der Waals surface area contributed by atoms with Crippen LogP contribution in [0.2, 0.25) is 0 Å². The van der Waals surface area contributed by atoms with E-state index in [-0.39, 0.29) is 11.6 Å². The van der Waals surface area contributed by atoms with Gasteiger partial charge in [-0.25, -0.2) is 14.1 Å². The molecule has 96 valence electrons. The first-order chi connectivity index (χ1) is 8.56. The molecule has 2 aromatic rings. The van der Waals surface area contributed by atoms with Crippen LogP contribution >= 0.6 is 15.9 Å². The highest BCUT2D eigenvalue weighted by atomic mass is 79.9. The summed E-state index contributed by atoms with van der Waals surface area (Å²) in [4.78, 5) is 4.08. The van der Waals surface area contributed by atoms with Crippen LogP contribution in [0.25, 0.3) is 5.82 Å². The molecule has 0 aliphatic carbocycles. The predicted molar refractivity (Wildman–Crippen MR) is 71.3 cm³/mol. The van der Waals surface area contributed by atoms with E-state index in [1.165, 1.54) is 4.68 Å². The van der Waals surface area contributed by atoms with Crippen LogP contribution in [-0.2, 0) is 6.54 Å². The number of aryl methyl sites for hydroxylation is 1. The van der Waals surface area contributed by atoms with Gasteiger partial charge in [0.2, 0.25) is 0 Å². The Morgan fingerprint density at radius 1 is 1.44 bits per heavy atom. The van der Waals surface area contributed by atoms with E-state index >= 15 is 0 Å². The molecular formula is C12H14BrFN4. The Hall–Kier alpha value is -1.27. The topological polar surface area (TPSA) is 42.7 Å². The Kier molecular flexibility index (Phi) is 3.77. The lowest BCUT2D eigenvalue weighted by Gasteiger charge is -2.08. The lowest BCUT2D eigenvalue weighted by molar-refractivity contribution is 0.574. The minimum absolute atomic E-state index is 0.231. The fraction of sp³-hybridized carbons (Fsp3) is 0.333. The molecule has 2 heterocycles. The fourth-order valence-corrected chi connectivity index (χ4v) is 2.02. The van der Waals surface area contributed by atoms with E-state index in [4.69, 9.17) is 0 Å². The van der Waals surface area contributed by atoms with E-state index in [2.05, 4.69) is 31.3 Å². The van der Waals surface area contributed by atoms with Gasteiger partial charge in [0.15, 0.2) is 11.6 Å². The van der Waals surface area contributed by atoms with Gasteiger partial charge in [0.25, 0.3) is 0 Å². The zero-order valence-corrected chi connectivity index (χ0v) is 12.0. The van der Waals surface area contributed by atoms with Crippen LogP contribution in [-0.4, -0.2) is 21.8 Å². The third-order valence-electron chi connectivity index (χ3n) is 2.72. The van der Waals surface area contributed by atoms with Crippen molar-refractivity contribution in [3.63, 3.8) is 0 Å². The van der Waals surface area contributed by atoms with Gasteiger partial charge in [0, 0.05) is 18.3 Å². The maximum Gasteiger partial charge on any atom is 0.190 e. The number of aromatic nitrogens is 3. The number of halogens is 2. The monoisotopic (exact) mass is 312 g/mol. The highest BCUT2D eigenvalue weighted by Crippen LogP contribution is 2.24. The van der Waals surface area contributed by atoms with Gasteiger partial charge >= 0.3 is 0 Å². The number of pyridine rings is 1. The van der Waals surface area contributed by atoms with Crippen molar-refractivity contribution in [2.24, 2.45) is 0 Å². The first-order valence-corrected chi connectivity index (χ1v) is 6.35. The summed E-state index contributed by atoms with van der Waals surface area (Å²) in [6.45, 7) is 4.20. The minimum atomic E-state index is -0.343. The Labute approximate surface area is 113 Å². The maximum atomic E-state index is 14.3. The number of hydrogen-bond acceptors (Lipinski definition) is 3. The van der Waals surface area contributed by atoms with Crippen molar-refractivity contribution in [2.75, 3.05) is 7.05 Å². The lowest BCUT2D eigenvalue weighted by atomic mass is 10.2. The summed E-state index contributed by atoms with van der Waals surface area (Å²) in [5, 5.41) is 7.22. The lowest BCUT2D eigenvalue weighted by Crippen LogP contribution is -2.11. The highest BCUT2D eigenvalue weighted by Gasteiger charge is 2.16. The average molecular weight is 313 g/mol. The van der Waals surface area contributed by atoms with E-state index in [1.54, 1.807) is 19.3 Å². The first kappa shape index (κ1) is 13.2. The Morgan fingerprint density at radius 3 is 2.72 bits per heavy atom. The molecule has 0 aliphatic heterocycles. The number of hydrogen-bond donors (Lipinski definition) is 1. The molecule has 0 aromatic carbocycles. The van der Waals surface area contributed by atoms with Crippen LogP contribution in [0.4, 0.5) is 4.39 Å².